The largest absolute Gasteiger partial charge is 0.459 e. The molecule has 0 amide bonds. The van der Waals surface area contributed by atoms with Crippen LogP contribution >= 0.6 is 0 Å². The summed E-state index contributed by atoms with van der Waals surface area (Å²) in [4.78, 5) is 11.7. The molecule has 1 rings (SSSR count). The van der Waals surface area contributed by atoms with E-state index in [4.69, 9.17) is 4.74 Å². The van der Waals surface area contributed by atoms with Gasteiger partial charge in [0.1, 0.15) is 5.60 Å². The Morgan fingerprint density at radius 2 is 1.94 bits per heavy atom. The van der Waals surface area contributed by atoms with Crippen molar-refractivity contribution in [3.8, 4) is 0 Å². The summed E-state index contributed by atoms with van der Waals surface area (Å²) in [6.45, 7) is 10.5. The number of nitrogens with two attached hydrogens (primary N) is 1. The summed E-state index contributed by atoms with van der Waals surface area (Å²) in [5.74, 6) is 0.853. The molecule has 3 nitrogen and oxygen atoms in total. The first-order valence-corrected chi connectivity index (χ1v) is 6.45. The van der Waals surface area contributed by atoms with Gasteiger partial charge in [0.05, 0.1) is 13.1 Å². The third kappa shape index (κ3) is 4.12. The van der Waals surface area contributed by atoms with E-state index in [2.05, 4.69) is 19.2 Å². The molecular formula is C13H26NO2+. The Kier molecular flexibility index (Phi) is 4.78. The second-order valence-corrected chi connectivity index (χ2v) is 5.82. The summed E-state index contributed by atoms with van der Waals surface area (Å²) >= 11 is 0. The van der Waals surface area contributed by atoms with Gasteiger partial charge >= 0.3 is 5.97 Å². The summed E-state index contributed by atoms with van der Waals surface area (Å²) in [6.07, 6.45) is 2.84. The van der Waals surface area contributed by atoms with E-state index < -0.39 is 0 Å². The zero-order chi connectivity index (χ0) is 12.2. The fourth-order valence-electron chi connectivity index (χ4n) is 2.37. The Hall–Kier alpha value is -0.570. The number of quaternary nitrogens is 1. The number of ether oxygens (including phenoxy) is 1. The van der Waals surface area contributed by atoms with E-state index in [-0.39, 0.29) is 11.6 Å². The molecule has 0 spiro atoms. The van der Waals surface area contributed by atoms with Gasteiger partial charge in [-0.15, -0.1) is 0 Å². The van der Waals surface area contributed by atoms with Crippen molar-refractivity contribution in [2.45, 2.75) is 52.6 Å². The minimum atomic E-state index is -0.291. The number of hydrogen-bond donors (Lipinski definition) is 1. The van der Waals surface area contributed by atoms with Crippen LogP contribution in [0.2, 0.25) is 0 Å². The molecule has 3 heteroatoms. The van der Waals surface area contributed by atoms with Crippen LogP contribution in [0.15, 0.2) is 0 Å². The molecule has 0 aliphatic carbocycles. The van der Waals surface area contributed by atoms with E-state index in [1.165, 1.54) is 0 Å². The van der Waals surface area contributed by atoms with Crippen molar-refractivity contribution in [1.82, 2.24) is 0 Å². The standard InChI is InChI=1S/C13H25NO2/c1-10(2)9-12(15)16-13(3,4)11-5-7-14-8-6-11/h10-11,14H,5-9H2,1-4H3/p+1. The van der Waals surface area contributed by atoms with Crippen LogP contribution in [-0.4, -0.2) is 24.7 Å². The molecule has 1 aliphatic heterocycles. The molecule has 2 N–H and O–H groups in total. The number of carbonyl (C=O) groups is 1. The first-order valence-electron chi connectivity index (χ1n) is 6.45. The minimum Gasteiger partial charge on any atom is -0.459 e. The lowest BCUT2D eigenvalue weighted by Crippen LogP contribution is -2.86. The summed E-state index contributed by atoms with van der Waals surface area (Å²) in [5, 5.41) is 2.34. The SMILES string of the molecule is CC(C)CC(=O)OC(C)(C)C1CC[NH2+]CC1. The van der Waals surface area contributed by atoms with Crippen LogP contribution in [0.25, 0.3) is 0 Å². The Balaban J connectivity index is 2.45. The quantitative estimate of drug-likeness (QED) is 0.738. The van der Waals surface area contributed by atoms with Crippen LogP contribution in [0.4, 0.5) is 0 Å². The predicted molar refractivity (Wildman–Crippen MR) is 64.0 cm³/mol. The van der Waals surface area contributed by atoms with Gasteiger partial charge in [0.2, 0.25) is 0 Å². The van der Waals surface area contributed by atoms with Gasteiger partial charge in [-0.05, 0) is 19.8 Å². The number of rotatable bonds is 4. The molecule has 0 atom stereocenters. The minimum absolute atomic E-state index is 0.0467. The second-order valence-electron chi connectivity index (χ2n) is 5.82. The Bertz CT molecular complexity index is 230. The molecule has 0 bridgehead atoms. The highest BCUT2D eigenvalue weighted by Crippen LogP contribution is 2.28. The molecule has 0 radical (unpaired) electrons. The van der Waals surface area contributed by atoms with Crippen molar-refractivity contribution in [2.75, 3.05) is 13.1 Å². The van der Waals surface area contributed by atoms with E-state index in [9.17, 15) is 4.79 Å². The zero-order valence-corrected chi connectivity index (χ0v) is 11.1. The molecular weight excluding hydrogens is 202 g/mol. The number of hydrogen-bond acceptors (Lipinski definition) is 2. The lowest BCUT2D eigenvalue weighted by molar-refractivity contribution is -0.665. The normalized spacial score (nSPS) is 18.8. The third-order valence-electron chi connectivity index (χ3n) is 3.37. The second kappa shape index (κ2) is 5.67. The van der Waals surface area contributed by atoms with Gasteiger partial charge in [0.25, 0.3) is 0 Å². The van der Waals surface area contributed by atoms with Crippen molar-refractivity contribution in [2.24, 2.45) is 11.8 Å². The van der Waals surface area contributed by atoms with Crippen molar-refractivity contribution < 1.29 is 14.8 Å². The molecule has 0 saturated carbocycles. The van der Waals surface area contributed by atoms with Gasteiger partial charge in [-0.2, -0.15) is 0 Å². The number of esters is 1. The first-order chi connectivity index (χ1) is 7.42. The zero-order valence-electron chi connectivity index (χ0n) is 11.1. The van der Waals surface area contributed by atoms with E-state index >= 15 is 0 Å². The van der Waals surface area contributed by atoms with E-state index in [1.807, 2.05) is 13.8 Å². The molecule has 94 valence electrons. The van der Waals surface area contributed by atoms with Crippen molar-refractivity contribution >= 4 is 5.97 Å². The molecule has 0 aromatic rings. The van der Waals surface area contributed by atoms with E-state index in [0.717, 1.165) is 25.9 Å². The molecule has 1 heterocycles. The van der Waals surface area contributed by atoms with Crippen LogP contribution in [0.5, 0.6) is 0 Å². The topological polar surface area (TPSA) is 42.9 Å². The van der Waals surface area contributed by atoms with Crippen LogP contribution in [0.1, 0.15) is 47.0 Å². The summed E-state index contributed by atoms with van der Waals surface area (Å²) in [5.41, 5.74) is -0.291. The predicted octanol–water partition coefficient (Wildman–Crippen LogP) is 1.33. The van der Waals surface area contributed by atoms with Gasteiger partial charge in [0.15, 0.2) is 0 Å². The maximum atomic E-state index is 11.7. The smallest absolute Gasteiger partial charge is 0.306 e. The van der Waals surface area contributed by atoms with Crippen molar-refractivity contribution in [3.63, 3.8) is 0 Å². The Morgan fingerprint density at radius 3 is 2.44 bits per heavy atom. The number of piperidine rings is 1. The van der Waals surface area contributed by atoms with E-state index in [1.54, 1.807) is 0 Å². The maximum absolute atomic E-state index is 11.7. The lowest BCUT2D eigenvalue weighted by atomic mass is 9.83. The molecule has 1 saturated heterocycles. The Labute approximate surface area is 98.9 Å². The van der Waals surface area contributed by atoms with Crippen molar-refractivity contribution in [1.29, 1.82) is 0 Å². The van der Waals surface area contributed by atoms with Gasteiger partial charge in [-0.3, -0.25) is 4.79 Å². The average molecular weight is 228 g/mol. The van der Waals surface area contributed by atoms with Crippen LogP contribution in [0.3, 0.4) is 0 Å². The summed E-state index contributed by atoms with van der Waals surface area (Å²) in [6, 6.07) is 0. The fourth-order valence-corrected chi connectivity index (χ4v) is 2.37. The first kappa shape index (κ1) is 13.5. The highest BCUT2D eigenvalue weighted by molar-refractivity contribution is 5.70. The van der Waals surface area contributed by atoms with Gasteiger partial charge in [0, 0.05) is 25.2 Å². The maximum Gasteiger partial charge on any atom is 0.306 e. The number of carbonyl (C=O) groups excluding carboxylic acids is 1. The monoisotopic (exact) mass is 228 g/mol. The molecule has 0 aromatic heterocycles. The molecule has 1 fully saturated rings. The highest BCUT2D eigenvalue weighted by Gasteiger charge is 2.35. The van der Waals surface area contributed by atoms with E-state index in [0.29, 0.717) is 18.3 Å². The van der Waals surface area contributed by atoms with Crippen LogP contribution in [-0.2, 0) is 9.53 Å². The van der Waals surface area contributed by atoms with Crippen LogP contribution < -0.4 is 5.32 Å². The van der Waals surface area contributed by atoms with Crippen molar-refractivity contribution in [3.05, 3.63) is 0 Å². The van der Waals surface area contributed by atoms with Crippen LogP contribution in [0, 0.1) is 11.8 Å². The van der Waals surface area contributed by atoms with Gasteiger partial charge in [-0.25, -0.2) is 0 Å². The van der Waals surface area contributed by atoms with Gasteiger partial charge < -0.3 is 10.1 Å². The average Bonchev–Trinajstić information content (AvgIpc) is 2.16. The highest BCUT2D eigenvalue weighted by atomic mass is 16.6. The molecule has 16 heavy (non-hydrogen) atoms. The summed E-state index contributed by atoms with van der Waals surface area (Å²) in [7, 11) is 0. The molecule has 0 unspecified atom stereocenters. The fraction of sp³-hybridized carbons (Fsp3) is 0.923. The van der Waals surface area contributed by atoms with Gasteiger partial charge in [-0.1, -0.05) is 13.8 Å². The molecule has 0 aromatic carbocycles. The Morgan fingerprint density at radius 1 is 1.38 bits per heavy atom. The molecule has 1 aliphatic rings. The third-order valence-corrected chi connectivity index (χ3v) is 3.37. The lowest BCUT2D eigenvalue weighted by Gasteiger charge is -2.35. The summed E-state index contributed by atoms with van der Waals surface area (Å²) < 4.78 is 5.64.